The highest BCUT2D eigenvalue weighted by Gasteiger charge is 2.29. The number of para-hydroxylation sites is 1. The molecule has 3 N–H and O–H groups in total. The largest absolute Gasteiger partial charge is 0.369 e. The minimum Gasteiger partial charge on any atom is -0.369 e. The third-order valence-corrected chi connectivity index (χ3v) is 5.14. The van der Waals surface area contributed by atoms with Crippen LogP contribution in [0.5, 0.6) is 0 Å². The first-order valence-electron chi connectivity index (χ1n) is 8.02. The molecule has 1 fully saturated rings. The van der Waals surface area contributed by atoms with E-state index in [1.807, 2.05) is 30.3 Å². The zero-order valence-electron chi connectivity index (χ0n) is 13.7. The Hall–Kier alpha value is -2.02. The number of carbonyl (C=O) groups excluding carboxylic acids is 3. The van der Waals surface area contributed by atoms with Crippen molar-refractivity contribution in [3.05, 3.63) is 30.3 Å². The predicted molar refractivity (Wildman–Crippen MR) is 95.5 cm³/mol. The van der Waals surface area contributed by atoms with E-state index in [4.69, 9.17) is 5.73 Å². The molecule has 6 nitrogen and oxygen atoms in total. The van der Waals surface area contributed by atoms with Gasteiger partial charge in [0.25, 0.3) is 0 Å². The summed E-state index contributed by atoms with van der Waals surface area (Å²) in [5.74, 6) is -0.594. The van der Waals surface area contributed by atoms with Gasteiger partial charge in [0.05, 0.1) is 16.9 Å². The molecule has 24 heavy (non-hydrogen) atoms. The van der Waals surface area contributed by atoms with Crippen LogP contribution in [0, 0.1) is 5.92 Å². The lowest BCUT2D eigenvalue weighted by molar-refractivity contribution is -0.134. The van der Waals surface area contributed by atoms with Crippen molar-refractivity contribution in [2.75, 3.05) is 24.2 Å². The standard InChI is InChI=1S/C17H23N3O3S/c1-12(17(23)20-9-5-6-13(10-20)16(18)22)24-11-15(21)19-14-7-3-2-4-8-14/h2-4,7-8,12-13H,5-6,9-11H2,1H3,(H2,18,22)(H,19,21)/t12-,13-/m1/s1. The smallest absolute Gasteiger partial charge is 0.235 e. The summed E-state index contributed by atoms with van der Waals surface area (Å²) < 4.78 is 0. The summed E-state index contributed by atoms with van der Waals surface area (Å²) in [5, 5.41) is 2.46. The van der Waals surface area contributed by atoms with Gasteiger partial charge in [0, 0.05) is 18.8 Å². The summed E-state index contributed by atoms with van der Waals surface area (Å²) in [5.41, 5.74) is 6.08. The monoisotopic (exact) mass is 349 g/mol. The molecule has 1 aromatic rings. The molecular weight excluding hydrogens is 326 g/mol. The minimum atomic E-state index is -0.352. The second-order valence-electron chi connectivity index (χ2n) is 5.89. The Morgan fingerprint density at radius 1 is 1.33 bits per heavy atom. The number of benzene rings is 1. The second kappa shape index (κ2) is 8.73. The van der Waals surface area contributed by atoms with Crippen molar-refractivity contribution in [2.24, 2.45) is 11.7 Å². The lowest BCUT2D eigenvalue weighted by Gasteiger charge is -2.32. The molecule has 130 valence electrons. The van der Waals surface area contributed by atoms with Crippen LogP contribution in [-0.2, 0) is 14.4 Å². The number of anilines is 1. The van der Waals surface area contributed by atoms with Crippen molar-refractivity contribution in [3.63, 3.8) is 0 Å². The average Bonchev–Trinajstić information content (AvgIpc) is 2.60. The van der Waals surface area contributed by atoms with Crippen LogP contribution >= 0.6 is 11.8 Å². The Morgan fingerprint density at radius 2 is 2.04 bits per heavy atom. The number of nitrogens with zero attached hydrogens (tertiary/aromatic N) is 1. The van der Waals surface area contributed by atoms with Crippen molar-refractivity contribution in [1.29, 1.82) is 0 Å². The summed E-state index contributed by atoms with van der Waals surface area (Å²) in [4.78, 5) is 37.4. The fraction of sp³-hybridized carbons (Fsp3) is 0.471. The van der Waals surface area contributed by atoms with Gasteiger partial charge in [-0.2, -0.15) is 0 Å². The van der Waals surface area contributed by atoms with Crippen molar-refractivity contribution >= 4 is 35.2 Å². The van der Waals surface area contributed by atoms with Crippen molar-refractivity contribution in [1.82, 2.24) is 4.90 Å². The second-order valence-corrected chi connectivity index (χ2v) is 7.22. The van der Waals surface area contributed by atoms with E-state index in [0.717, 1.165) is 18.5 Å². The first kappa shape index (κ1) is 18.3. The topological polar surface area (TPSA) is 92.5 Å². The van der Waals surface area contributed by atoms with E-state index in [2.05, 4.69) is 5.32 Å². The molecule has 0 radical (unpaired) electrons. The zero-order valence-corrected chi connectivity index (χ0v) is 14.6. The molecule has 0 aliphatic carbocycles. The first-order valence-corrected chi connectivity index (χ1v) is 9.07. The highest BCUT2D eigenvalue weighted by atomic mass is 32.2. The van der Waals surface area contributed by atoms with Crippen molar-refractivity contribution in [3.8, 4) is 0 Å². The lowest BCUT2D eigenvalue weighted by Crippen LogP contribution is -2.46. The number of amides is 3. The first-order chi connectivity index (χ1) is 11.5. The molecule has 2 atom stereocenters. The number of nitrogens with one attached hydrogen (secondary N) is 1. The Labute approximate surface area is 146 Å². The molecule has 0 spiro atoms. The number of likely N-dealkylation sites (tertiary alicyclic amines) is 1. The van der Waals surface area contributed by atoms with Gasteiger partial charge in [-0.15, -0.1) is 11.8 Å². The van der Waals surface area contributed by atoms with Crippen molar-refractivity contribution < 1.29 is 14.4 Å². The molecule has 0 saturated carbocycles. The maximum atomic E-state index is 12.5. The number of hydrogen-bond donors (Lipinski definition) is 2. The van der Waals surface area contributed by atoms with Crippen LogP contribution in [0.1, 0.15) is 19.8 Å². The number of rotatable bonds is 6. The van der Waals surface area contributed by atoms with Crippen LogP contribution in [0.2, 0.25) is 0 Å². The van der Waals surface area contributed by atoms with Gasteiger partial charge >= 0.3 is 0 Å². The molecule has 0 aromatic heterocycles. The highest BCUT2D eigenvalue weighted by molar-refractivity contribution is 8.01. The molecule has 1 heterocycles. The molecule has 3 amide bonds. The fourth-order valence-electron chi connectivity index (χ4n) is 2.66. The van der Waals surface area contributed by atoms with Gasteiger partial charge in [-0.05, 0) is 31.9 Å². The molecule has 0 bridgehead atoms. The van der Waals surface area contributed by atoms with Crippen LogP contribution in [-0.4, -0.2) is 46.7 Å². The van der Waals surface area contributed by atoms with Gasteiger partial charge in [-0.25, -0.2) is 0 Å². The van der Waals surface area contributed by atoms with Gasteiger partial charge in [-0.1, -0.05) is 18.2 Å². The summed E-state index contributed by atoms with van der Waals surface area (Å²) in [6.45, 7) is 2.82. The summed E-state index contributed by atoms with van der Waals surface area (Å²) in [7, 11) is 0. The third kappa shape index (κ3) is 5.26. The van der Waals surface area contributed by atoms with Gasteiger partial charge in [-0.3, -0.25) is 14.4 Å². The van der Waals surface area contributed by atoms with Crippen LogP contribution in [0.3, 0.4) is 0 Å². The van der Waals surface area contributed by atoms with E-state index in [9.17, 15) is 14.4 Å². The molecule has 1 saturated heterocycles. The molecule has 1 aromatic carbocycles. The predicted octanol–water partition coefficient (Wildman–Crippen LogP) is 1.47. The summed E-state index contributed by atoms with van der Waals surface area (Å²) in [6.07, 6.45) is 1.52. The van der Waals surface area contributed by atoms with Crippen LogP contribution in [0.15, 0.2) is 30.3 Å². The van der Waals surface area contributed by atoms with E-state index >= 15 is 0 Å². The molecular formula is C17H23N3O3S. The number of carbonyl (C=O) groups is 3. The minimum absolute atomic E-state index is 0.0431. The summed E-state index contributed by atoms with van der Waals surface area (Å²) >= 11 is 1.30. The van der Waals surface area contributed by atoms with E-state index in [0.29, 0.717) is 13.1 Å². The Morgan fingerprint density at radius 3 is 2.71 bits per heavy atom. The lowest BCUT2D eigenvalue weighted by atomic mass is 9.97. The molecule has 1 aliphatic rings. The van der Waals surface area contributed by atoms with Gasteiger partial charge in [0.1, 0.15) is 0 Å². The number of hydrogen-bond acceptors (Lipinski definition) is 4. The number of thioether (sulfide) groups is 1. The fourth-order valence-corrected chi connectivity index (χ4v) is 3.42. The van der Waals surface area contributed by atoms with Gasteiger partial charge in [0.15, 0.2) is 0 Å². The van der Waals surface area contributed by atoms with E-state index in [1.54, 1.807) is 11.8 Å². The molecule has 0 unspecified atom stereocenters. The zero-order chi connectivity index (χ0) is 17.5. The van der Waals surface area contributed by atoms with Crippen LogP contribution in [0.4, 0.5) is 5.69 Å². The maximum absolute atomic E-state index is 12.5. The molecule has 7 heteroatoms. The number of primary amides is 1. The average molecular weight is 349 g/mol. The van der Waals surface area contributed by atoms with E-state index in [1.165, 1.54) is 11.8 Å². The normalized spacial score (nSPS) is 18.7. The van der Waals surface area contributed by atoms with Gasteiger partial charge < -0.3 is 16.0 Å². The van der Waals surface area contributed by atoms with E-state index < -0.39 is 0 Å². The molecule has 1 aliphatic heterocycles. The third-order valence-electron chi connectivity index (χ3n) is 4.01. The highest BCUT2D eigenvalue weighted by Crippen LogP contribution is 2.20. The van der Waals surface area contributed by atoms with Crippen LogP contribution < -0.4 is 11.1 Å². The number of piperidine rings is 1. The molecule has 2 rings (SSSR count). The quantitative estimate of drug-likeness (QED) is 0.813. The Balaban J connectivity index is 1.79. The SMILES string of the molecule is C[C@@H](SCC(=O)Nc1ccccc1)C(=O)N1CCC[C@@H](C(N)=O)C1. The Kier molecular flexibility index (Phi) is 6.66. The van der Waals surface area contributed by atoms with Gasteiger partial charge in [0.2, 0.25) is 17.7 Å². The summed E-state index contributed by atoms with van der Waals surface area (Å²) in [6, 6.07) is 9.20. The Bertz CT molecular complexity index is 594. The van der Waals surface area contributed by atoms with Crippen molar-refractivity contribution in [2.45, 2.75) is 25.0 Å². The van der Waals surface area contributed by atoms with Crippen LogP contribution in [0.25, 0.3) is 0 Å². The number of nitrogens with two attached hydrogens (primary N) is 1. The maximum Gasteiger partial charge on any atom is 0.235 e. The van der Waals surface area contributed by atoms with E-state index in [-0.39, 0.29) is 34.6 Å².